The van der Waals surface area contributed by atoms with Crippen molar-refractivity contribution in [3.63, 3.8) is 0 Å². The first-order valence-electron chi connectivity index (χ1n) is 7.72. The van der Waals surface area contributed by atoms with Gasteiger partial charge in [0.1, 0.15) is 0 Å². The molecular formula is C20H20O2Se. The van der Waals surface area contributed by atoms with Gasteiger partial charge in [0.15, 0.2) is 0 Å². The third-order valence-electron chi connectivity index (χ3n) is 3.58. The van der Waals surface area contributed by atoms with Crippen LogP contribution in [0.1, 0.15) is 5.56 Å². The van der Waals surface area contributed by atoms with Crippen LogP contribution < -0.4 is 4.74 Å². The van der Waals surface area contributed by atoms with Crippen molar-refractivity contribution in [2.45, 2.75) is 16.7 Å². The fraction of sp³-hybridized carbons (Fsp3) is 0.200. The number of aliphatic hydroxyl groups is 1. The van der Waals surface area contributed by atoms with Crippen molar-refractivity contribution < 1.29 is 9.84 Å². The van der Waals surface area contributed by atoms with E-state index in [1.165, 1.54) is 16.3 Å². The Labute approximate surface area is 143 Å². The molecule has 0 saturated carbocycles. The van der Waals surface area contributed by atoms with Crippen LogP contribution >= 0.6 is 0 Å². The molecule has 0 aromatic heterocycles. The summed E-state index contributed by atoms with van der Waals surface area (Å²) in [6.07, 6.45) is -0.393. The van der Waals surface area contributed by atoms with Crippen LogP contribution in [0.25, 0.3) is 10.8 Å². The number of rotatable bonds is 7. The molecule has 3 aromatic rings. The van der Waals surface area contributed by atoms with E-state index in [0.717, 1.165) is 16.4 Å². The molecule has 0 spiro atoms. The molecule has 1 atom stereocenters. The number of hydrogen-bond acceptors (Lipinski definition) is 2. The van der Waals surface area contributed by atoms with Crippen molar-refractivity contribution in [1.82, 2.24) is 0 Å². The summed E-state index contributed by atoms with van der Waals surface area (Å²) in [5.74, 6) is 0.813. The molecule has 0 saturated heterocycles. The molecule has 3 aromatic carbocycles. The van der Waals surface area contributed by atoms with Gasteiger partial charge in [-0.05, 0) is 0 Å². The summed E-state index contributed by atoms with van der Waals surface area (Å²) in [6, 6.07) is 24.7. The summed E-state index contributed by atoms with van der Waals surface area (Å²) in [6.45, 7) is 0.365. The third-order valence-corrected chi connectivity index (χ3v) is 6.01. The summed E-state index contributed by atoms with van der Waals surface area (Å²) < 4.78 is 5.59. The fourth-order valence-corrected chi connectivity index (χ4v) is 4.29. The van der Waals surface area contributed by atoms with E-state index in [0.29, 0.717) is 21.6 Å². The quantitative estimate of drug-likeness (QED) is 0.639. The summed E-state index contributed by atoms with van der Waals surface area (Å²) in [5, 5.41) is 14.5. The first-order valence-corrected chi connectivity index (χ1v) is 10.1. The van der Waals surface area contributed by atoms with Crippen LogP contribution in [0.15, 0.2) is 72.8 Å². The Morgan fingerprint density at radius 3 is 2.43 bits per heavy atom. The van der Waals surface area contributed by atoms with Gasteiger partial charge in [-0.3, -0.25) is 0 Å². The zero-order chi connectivity index (χ0) is 15.9. The maximum absolute atomic E-state index is 10.1. The summed E-state index contributed by atoms with van der Waals surface area (Å²) in [5.41, 5.74) is 1.35. The van der Waals surface area contributed by atoms with Crippen LogP contribution in [-0.4, -0.2) is 32.8 Å². The minimum atomic E-state index is -0.393. The van der Waals surface area contributed by atoms with Crippen molar-refractivity contribution in [2.75, 3.05) is 6.61 Å². The first-order chi connectivity index (χ1) is 11.3. The Kier molecular flexibility index (Phi) is 5.70. The predicted octanol–water partition coefficient (Wildman–Crippen LogP) is 3.90. The molecule has 0 fully saturated rings. The van der Waals surface area contributed by atoms with Crippen molar-refractivity contribution in [2.24, 2.45) is 0 Å². The third kappa shape index (κ3) is 4.83. The average molecular weight is 371 g/mol. The van der Waals surface area contributed by atoms with E-state index in [2.05, 4.69) is 42.5 Å². The Morgan fingerprint density at radius 1 is 0.870 bits per heavy atom. The Balaban J connectivity index is 1.44. The van der Waals surface area contributed by atoms with E-state index in [1.807, 2.05) is 30.3 Å². The molecule has 3 rings (SSSR count). The first kappa shape index (κ1) is 16.1. The second-order valence-corrected chi connectivity index (χ2v) is 7.64. The van der Waals surface area contributed by atoms with Gasteiger partial charge in [0, 0.05) is 0 Å². The molecule has 0 aliphatic heterocycles. The number of hydrogen-bond donors (Lipinski definition) is 1. The van der Waals surface area contributed by atoms with Crippen molar-refractivity contribution in [3.8, 4) is 5.75 Å². The molecule has 0 radical (unpaired) electrons. The van der Waals surface area contributed by atoms with Crippen LogP contribution in [-0.2, 0) is 5.32 Å². The monoisotopic (exact) mass is 372 g/mol. The molecule has 0 aliphatic rings. The minimum absolute atomic E-state index is 0.365. The number of aliphatic hydroxyl groups excluding tert-OH is 1. The number of fused-ring (bicyclic) bond motifs is 1. The van der Waals surface area contributed by atoms with Crippen molar-refractivity contribution in [1.29, 1.82) is 0 Å². The van der Waals surface area contributed by atoms with Gasteiger partial charge in [-0.25, -0.2) is 0 Å². The Bertz CT molecular complexity index is 743. The molecule has 0 amide bonds. The summed E-state index contributed by atoms with van der Waals surface area (Å²) >= 11 is 0.377. The molecule has 3 heteroatoms. The Morgan fingerprint density at radius 2 is 1.61 bits per heavy atom. The zero-order valence-corrected chi connectivity index (χ0v) is 14.6. The van der Waals surface area contributed by atoms with E-state index in [4.69, 9.17) is 4.74 Å². The van der Waals surface area contributed by atoms with E-state index in [9.17, 15) is 5.11 Å². The van der Waals surface area contributed by atoms with Gasteiger partial charge in [0.25, 0.3) is 0 Å². The zero-order valence-electron chi connectivity index (χ0n) is 12.9. The predicted molar refractivity (Wildman–Crippen MR) is 96.2 cm³/mol. The van der Waals surface area contributed by atoms with Gasteiger partial charge < -0.3 is 0 Å². The van der Waals surface area contributed by atoms with E-state index in [-0.39, 0.29) is 0 Å². The second kappa shape index (κ2) is 8.16. The molecule has 1 N–H and O–H groups in total. The van der Waals surface area contributed by atoms with Gasteiger partial charge in [0.05, 0.1) is 0 Å². The van der Waals surface area contributed by atoms with E-state index >= 15 is 0 Å². The molecule has 118 valence electrons. The SMILES string of the molecule is OC(COc1ccccc1)C[Se]Cc1ccc2ccccc2c1. The normalized spacial score (nSPS) is 12.2. The van der Waals surface area contributed by atoms with Crippen LogP contribution in [0.3, 0.4) is 0 Å². The molecule has 0 aliphatic carbocycles. The molecule has 23 heavy (non-hydrogen) atoms. The molecule has 0 bridgehead atoms. The maximum atomic E-state index is 10.1. The molecular weight excluding hydrogens is 351 g/mol. The molecule has 1 unspecified atom stereocenters. The fourth-order valence-electron chi connectivity index (χ4n) is 2.40. The standard InChI is InChI=1S/C20H20O2Se/c21-19(13-22-20-8-2-1-3-9-20)15-23-14-16-10-11-17-6-4-5-7-18(17)12-16/h1-12,19,21H,13-15H2. The van der Waals surface area contributed by atoms with Crippen molar-refractivity contribution in [3.05, 3.63) is 78.4 Å². The summed E-state index contributed by atoms with van der Waals surface area (Å²) in [7, 11) is 0. The van der Waals surface area contributed by atoms with Gasteiger partial charge in [-0.1, -0.05) is 0 Å². The van der Waals surface area contributed by atoms with Crippen LogP contribution in [0.5, 0.6) is 5.75 Å². The second-order valence-electron chi connectivity index (χ2n) is 5.47. The van der Waals surface area contributed by atoms with Crippen molar-refractivity contribution >= 4 is 25.7 Å². The van der Waals surface area contributed by atoms with Gasteiger partial charge in [0.2, 0.25) is 0 Å². The Hall–Kier alpha value is -1.80. The van der Waals surface area contributed by atoms with Gasteiger partial charge >= 0.3 is 143 Å². The number of ether oxygens (including phenoxy) is 1. The molecule has 0 heterocycles. The van der Waals surface area contributed by atoms with Gasteiger partial charge in [-0.15, -0.1) is 0 Å². The van der Waals surface area contributed by atoms with Crippen LogP contribution in [0.4, 0.5) is 0 Å². The average Bonchev–Trinajstić information content (AvgIpc) is 2.61. The molecule has 2 nitrogen and oxygen atoms in total. The van der Waals surface area contributed by atoms with E-state index < -0.39 is 6.10 Å². The topological polar surface area (TPSA) is 29.5 Å². The summed E-state index contributed by atoms with van der Waals surface area (Å²) in [4.78, 5) is 0. The van der Waals surface area contributed by atoms with Gasteiger partial charge in [-0.2, -0.15) is 0 Å². The van der Waals surface area contributed by atoms with E-state index in [1.54, 1.807) is 0 Å². The number of benzene rings is 3. The number of para-hydroxylation sites is 1. The van der Waals surface area contributed by atoms with Crippen LogP contribution in [0, 0.1) is 0 Å². The van der Waals surface area contributed by atoms with Crippen LogP contribution in [0.2, 0.25) is 5.32 Å².